The fraction of sp³-hybridized carbons (Fsp3) is 0.875. The molecule has 0 aromatic carbocycles. The van der Waals surface area contributed by atoms with Gasteiger partial charge in [0.25, 0.3) is 0 Å². The number of nitrogens with zero attached hydrogens (tertiary/aromatic N) is 1. The monoisotopic (exact) mass is 171 g/mol. The predicted molar refractivity (Wildman–Crippen MR) is 48.8 cm³/mol. The SMILES string of the molecule is CCCN=C(NN)C1CCOC1. The van der Waals surface area contributed by atoms with Gasteiger partial charge in [0.15, 0.2) is 0 Å². The second kappa shape index (κ2) is 5.11. The summed E-state index contributed by atoms with van der Waals surface area (Å²) in [5, 5.41) is 0. The summed E-state index contributed by atoms with van der Waals surface area (Å²) in [4.78, 5) is 4.34. The molecule has 1 atom stereocenters. The molecule has 1 fully saturated rings. The summed E-state index contributed by atoms with van der Waals surface area (Å²) < 4.78 is 5.24. The molecule has 3 N–H and O–H groups in total. The van der Waals surface area contributed by atoms with Crippen molar-refractivity contribution in [3.05, 3.63) is 0 Å². The molecular formula is C8H17N3O. The predicted octanol–water partition coefficient (Wildman–Crippen LogP) is 0.295. The second-order valence-electron chi connectivity index (χ2n) is 2.97. The van der Waals surface area contributed by atoms with Crippen molar-refractivity contribution in [2.24, 2.45) is 16.8 Å². The minimum absolute atomic E-state index is 0.390. The maximum Gasteiger partial charge on any atom is 0.116 e. The molecule has 1 heterocycles. The van der Waals surface area contributed by atoms with Crippen molar-refractivity contribution in [1.29, 1.82) is 0 Å². The van der Waals surface area contributed by atoms with E-state index in [-0.39, 0.29) is 0 Å². The topological polar surface area (TPSA) is 59.6 Å². The largest absolute Gasteiger partial charge is 0.381 e. The van der Waals surface area contributed by atoms with E-state index in [0.29, 0.717) is 5.92 Å². The van der Waals surface area contributed by atoms with Gasteiger partial charge in [-0.25, -0.2) is 5.84 Å². The van der Waals surface area contributed by atoms with Crippen LogP contribution in [0.5, 0.6) is 0 Å². The zero-order valence-electron chi connectivity index (χ0n) is 7.55. The number of hydrazine groups is 1. The lowest BCUT2D eigenvalue weighted by Crippen LogP contribution is -2.36. The van der Waals surface area contributed by atoms with Crippen LogP contribution < -0.4 is 11.3 Å². The molecule has 70 valence electrons. The van der Waals surface area contributed by atoms with Crippen LogP contribution in [0.1, 0.15) is 19.8 Å². The van der Waals surface area contributed by atoms with Crippen molar-refractivity contribution in [3.63, 3.8) is 0 Å². The van der Waals surface area contributed by atoms with E-state index < -0.39 is 0 Å². The fourth-order valence-corrected chi connectivity index (χ4v) is 1.28. The van der Waals surface area contributed by atoms with Crippen molar-refractivity contribution in [3.8, 4) is 0 Å². The van der Waals surface area contributed by atoms with Gasteiger partial charge in [0.05, 0.1) is 6.61 Å². The average molecular weight is 171 g/mol. The second-order valence-corrected chi connectivity index (χ2v) is 2.97. The van der Waals surface area contributed by atoms with E-state index in [9.17, 15) is 0 Å². The van der Waals surface area contributed by atoms with Crippen LogP contribution in [0.4, 0.5) is 0 Å². The Balaban J connectivity index is 2.42. The van der Waals surface area contributed by atoms with Gasteiger partial charge < -0.3 is 10.2 Å². The highest BCUT2D eigenvalue weighted by Crippen LogP contribution is 2.12. The number of nitrogens with one attached hydrogen (secondary N) is 1. The first-order valence-electron chi connectivity index (χ1n) is 4.47. The van der Waals surface area contributed by atoms with E-state index in [1.807, 2.05) is 0 Å². The van der Waals surface area contributed by atoms with Gasteiger partial charge in [0, 0.05) is 19.1 Å². The first kappa shape index (κ1) is 9.48. The molecule has 0 saturated carbocycles. The van der Waals surface area contributed by atoms with Gasteiger partial charge in [-0.2, -0.15) is 0 Å². The van der Waals surface area contributed by atoms with E-state index in [1.165, 1.54) is 0 Å². The molecule has 0 aliphatic carbocycles. The number of hydrogen-bond donors (Lipinski definition) is 2. The van der Waals surface area contributed by atoms with Crippen molar-refractivity contribution in [1.82, 2.24) is 5.43 Å². The number of hydrogen-bond acceptors (Lipinski definition) is 3. The summed E-state index contributed by atoms with van der Waals surface area (Å²) in [7, 11) is 0. The van der Waals surface area contributed by atoms with Crippen LogP contribution in [0.25, 0.3) is 0 Å². The van der Waals surface area contributed by atoms with Crippen LogP contribution in [0, 0.1) is 5.92 Å². The Hall–Kier alpha value is -0.610. The Morgan fingerprint density at radius 1 is 1.75 bits per heavy atom. The van der Waals surface area contributed by atoms with Gasteiger partial charge in [0.1, 0.15) is 5.84 Å². The molecule has 1 saturated heterocycles. The molecule has 0 amide bonds. The molecule has 0 aromatic rings. The van der Waals surface area contributed by atoms with Gasteiger partial charge in [-0.15, -0.1) is 0 Å². The van der Waals surface area contributed by atoms with Crippen molar-refractivity contribution < 1.29 is 4.74 Å². The smallest absolute Gasteiger partial charge is 0.116 e. The maximum absolute atomic E-state index is 5.36. The highest BCUT2D eigenvalue weighted by atomic mass is 16.5. The Morgan fingerprint density at radius 3 is 3.08 bits per heavy atom. The van der Waals surface area contributed by atoms with E-state index >= 15 is 0 Å². The van der Waals surface area contributed by atoms with Crippen LogP contribution >= 0.6 is 0 Å². The Bertz CT molecular complexity index is 152. The van der Waals surface area contributed by atoms with Crippen LogP contribution in [0.3, 0.4) is 0 Å². The van der Waals surface area contributed by atoms with Crippen LogP contribution in [-0.4, -0.2) is 25.6 Å². The number of amidine groups is 1. The normalized spacial score (nSPS) is 24.5. The summed E-state index contributed by atoms with van der Waals surface area (Å²) in [6.45, 7) is 4.53. The molecule has 1 aliphatic rings. The van der Waals surface area contributed by atoms with Crippen LogP contribution in [0.2, 0.25) is 0 Å². The van der Waals surface area contributed by atoms with Crippen molar-refractivity contribution in [2.75, 3.05) is 19.8 Å². The van der Waals surface area contributed by atoms with E-state index in [4.69, 9.17) is 10.6 Å². The van der Waals surface area contributed by atoms with Gasteiger partial charge in [-0.3, -0.25) is 4.99 Å². The third-order valence-electron chi connectivity index (χ3n) is 1.97. The van der Waals surface area contributed by atoms with E-state index in [1.54, 1.807) is 0 Å². The highest BCUT2D eigenvalue weighted by molar-refractivity contribution is 5.84. The lowest BCUT2D eigenvalue weighted by atomic mass is 10.1. The van der Waals surface area contributed by atoms with E-state index in [0.717, 1.165) is 38.4 Å². The third kappa shape index (κ3) is 2.46. The van der Waals surface area contributed by atoms with Gasteiger partial charge in [-0.1, -0.05) is 6.92 Å². The summed E-state index contributed by atoms with van der Waals surface area (Å²) >= 11 is 0. The molecule has 0 aromatic heterocycles. The van der Waals surface area contributed by atoms with Gasteiger partial charge in [0.2, 0.25) is 0 Å². The van der Waals surface area contributed by atoms with Gasteiger partial charge in [-0.05, 0) is 12.8 Å². The number of ether oxygens (including phenoxy) is 1. The summed E-state index contributed by atoms with van der Waals surface area (Å²) in [6, 6.07) is 0. The standard InChI is InChI=1S/C8H17N3O/c1-2-4-10-8(11-9)7-3-5-12-6-7/h7H,2-6,9H2,1H3,(H,10,11). The molecule has 1 aliphatic heterocycles. The number of rotatable bonds is 3. The summed E-state index contributed by atoms with van der Waals surface area (Å²) in [5.74, 6) is 6.64. The van der Waals surface area contributed by atoms with Gasteiger partial charge >= 0.3 is 0 Å². The zero-order valence-corrected chi connectivity index (χ0v) is 7.55. The fourth-order valence-electron chi connectivity index (χ4n) is 1.28. The van der Waals surface area contributed by atoms with Crippen molar-refractivity contribution >= 4 is 5.84 Å². The lowest BCUT2D eigenvalue weighted by molar-refractivity contribution is 0.192. The quantitative estimate of drug-likeness (QED) is 0.278. The molecular weight excluding hydrogens is 154 g/mol. The Kier molecular flexibility index (Phi) is 4.04. The Morgan fingerprint density at radius 2 is 2.58 bits per heavy atom. The number of aliphatic imine (C=N–C) groups is 1. The molecule has 1 rings (SSSR count). The average Bonchev–Trinajstić information content (AvgIpc) is 2.59. The van der Waals surface area contributed by atoms with Crippen LogP contribution in [0.15, 0.2) is 4.99 Å². The molecule has 0 radical (unpaired) electrons. The lowest BCUT2D eigenvalue weighted by Gasteiger charge is -2.10. The summed E-state index contributed by atoms with van der Waals surface area (Å²) in [6.07, 6.45) is 2.09. The van der Waals surface area contributed by atoms with Crippen molar-refractivity contribution in [2.45, 2.75) is 19.8 Å². The third-order valence-corrected chi connectivity index (χ3v) is 1.97. The molecule has 4 nitrogen and oxygen atoms in total. The Labute approximate surface area is 73.2 Å². The highest BCUT2D eigenvalue weighted by Gasteiger charge is 2.20. The molecule has 0 spiro atoms. The molecule has 0 bridgehead atoms. The minimum atomic E-state index is 0.390. The number of nitrogens with two attached hydrogens (primary N) is 1. The first-order valence-corrected chi connectivity index (χ1v) is 4.47. The minimum Gasteiger partial charge on any atom is -0.381 e. The maximum atomic E-state index is 5.36. The summed E-state index contributed by atoms with van der Waals surface area (Å²) in [5.41, 5.74) is 2.65. The first-order chi connectivity index (χ1) is 5.88. The molecule has 12 heavy (non-hydrogen) atoms. The van der Waals surface area contributed by atoms with Crippen LogP contribution in [-0.2, 0) is 4.74 Å². The molecule has 4 heteroatoms. The van der Waals surface area contributed by atoms with E-state index in [2.05, 4.69) is 17.3 Å². The molecule has 1 unspecified atom stereocenters. The zero-order chi connectivity index (χ0) is 8.81.